The Morgan fingerprint density at radius 3 is 2.32 bits per heavy atom. The Morgan fingerprint density at radius 2 is 1.71 bits per heavy atom. The zero-order valence-corrected chi connectivity index (χ0v) is 19.6. The molecule has 4 rings (SSSR count). The van der Waals surface area contributed by atoms with Crippen molar-refractivity contribution in [2.24, 2.45) is 5.92 Å². The molecule has 182 valence electrons. The van der Waals surface area contributed by atoms with Crippen molar-refractivity contribution >= 4 is 11.8 Å². The zero-order chi connectivity index (χ0) is 24.2. The van der Waals surface area contributed by atoms with Crippen molar-refractivity contribution in [3.63, 3.8) is 0 Å². The summed E-state index contributed by atoms with van der Waals surface area (Å²) in [5.41, 5.74) is 1.35. The molecular weight excluding hydrogens is 439 g/mol. The first kappa shape index (κ1) is 23.9. The standard InChI is InChI=1S/C25H31FN4O4/c1-15(2)21(29-24(32)22-23(31)28-20-6-4-3-5-19(20)27-22)25(33)30-13-11-18(12-14-30)34-17-9-7-16(26)8-10-17/h7-10,15,18,21H,3-6,11-14H2,1-2H3,(H,28,31)(H,29,32)/t21-/m0/s1. The van der Waals surface area contributed by atoms with Gasteiger partial charge in [-0.05, 0) is 55.9 Å². The van der Waals surface area contributed by atoms with Crippen LogP contribution in [0.3, 0.4) is 0 Å². The fourth-order valence-electron chi connectivity index (χ4n) is 4.45. The zero-order valence-electron chi connectivity index (χ0n) is 19.6. The maximum absolute atomic E-state index is 13.3. The molecule has 0 spiro atoms. The number of hydrogen-bond acceptors (Lipinski definition) is 6. The number of piperidine rings is 1. The molecule has 1 aromatic carbocycles. The maximum atomic E-state index is 13.3. The van der Waals surface area contributed by atoms with Crippen LogP contribution in [0, 0.1) is 11.7 Å². The number of amides is 2. The number of aromatic nitrogens is 2. The van der Waals surface area contributed by atoms with E-state index in [-0.39, 0.29) is 29.4 Å². The molecule has 1 saturated heterocycles. The Morgan fingerprint density at radius 1 is 1.09 bits per heavy atom. The van der Waals surface area contributed by atoms with Crippen molar-refractivity contribution in [2.45, 2.75) is 64.5 Å². The van der Waals surface area contributed by atoms with Gasteiger partial charge < -0.3 is 20.1 Å². The van der Waals surface area contributed by atoms with Gasteiger partial charge in [0, 0.05) is 25.9 Å². The van der Waals surface area contributed by atoms with E-state index in [0.717, 1.165) is 37.1 Å². The van der Waals surface area contributed by atoms with Crippen molar-refractivity contribution in [1.82, 2.24) is 20.2 Å². The SMILES string of the molecule is CC(C)[C@H](NC(=O)c1nc2c(nc1O)CCCC2)C(=O)N1CCC(Oc2ccc(F)cc2)CC1. The number of carbonyl (C=O) groups is 2. The monoisotopic (exact) mass is 470 g/mol. The number of nitrogens with zero attached hydrogens (tertiary/aromatic N) is 3. The van der Waals surface area contributed by atoms with Gasteiger partial charge in [-0.2, -0.15) is 0 Å². The number of nitrogens with one attached hydrogen (secondary N) is 1. The number of hydrogen-bond donors (Lipinski definition) is 2. The van der Waals surface area contributed by atoms with Gasteiger partial charge in [0.05, 0.1) is 11.4 Å². The van der Waals surface area contributed by atoms with Crippen molar-refractivity contribution in [2.75, 3.05) is 13.1 Å². The quantitative estimate of drug-likeness (QED) is 0.673. The van der Waals surface area contributed by atoms with Crippen LogP contribution in [-0.4, -0.2) is 57.0 Å². The molecular formula is C25H31FN4O4. The van der Waals surface area contributed by atoms with Crippen molar-refractivity contribution in [1.29, 1.82) is 0 Å². The van der Waals surface area contributed by atoms with Crippen LogP contribution in [0.2, 0.25) is 0 Å². The third-order valence-electron chi connectivity index (χ3n) is 6.41. The first-order valence-electron chi connectivity index (χ1n) is 11.9. The lowest BCUT2D eigenvalue weighted by molar-refractivity contribution is -0.136. The summed E-state index contributed by atoms with van der Waals surface area (Å²) < 4.78 is 19.0. The van der Waals surface area contributed by atoms with Crippen LogP contribution in [0.5, 0.6) is 11.6 Å². The second-order valence-corrected chi connectivity index (χ2v) is 9.29. The minimum absolute atomic E-state index is 0.0654. The van der Waals surface area contributed by atoms with E-state index in [1.807, 2.05) is 13.8 Å². The second kappa shape index (κ2) is 10.4. The van der Waals surface area contributed by atoms with Gasteiger partial charge in [0.1, 0.15) is 23.7 Å². The van der Waals surface area contributed by atoms with Gasteiger partial charge in [-0.25, -0.2) is 14.4 Å². The van der Waals surface area contributed by atoms with Crippen LogP contribution >= 0.6 is 0 Å². The van der Waals surface area contributed by atoms with Gasteiger partial charge in [-0.1, -0.05) is 13.8 Å². The summed E-state index contributed by atoms with van der Waals surface area (Å²) in [5, 5.41) is 13.1. The fourth-order valence-corrected chi connectivity index (χ4v) is 4.45. The van der Waals surface area contributed by atoms with Crippen LogP contribution in [-0.2, 0) is 17.6 Å². The van der Waals surface area contributed by atoms with Crippen LogP contribution < -0.4 is 10.1 Å². The molecule has 2 heterocycles. The summed E-state index contributed by atoms with van der Waals surface area (Å²) in [6.07, 6.45) is 4.64. The molecule has 1 aliphatic carbocycles. The second-order valence-electron chi connectivity index (χ2n) is 9.29. The Kier molecular flexibility index (Phi) is 7.29. The number of rotatable bonds is 6. The molecule has 34 heavy (non-hydrogen) atoms. The molecule has 0 unspecified atom stereocenters. The molecule has 1 aliphatic heterocycles. The smallest absolute Gasteiger partial charge is 0.276 e. The third-order valence-corrected chi connectivity index (χ3v) is 6.41. The number of halogens is 1. The largest absolute Gasteiger partial charge is 0.492 e. The molecule has 8 nitrogen and oxygen atoms in total. The summed E-state index contributed by atoms with van der Waals surface area (Å²) >= 11 is 0. The molecule has 2 aliphatic rings. The molecule has 1 atom stereocenters. The van der Waals surface area contributed by atoms with Gasteiger partial charge >= 0.3 is 0 Å². The van der Waals surface area contributed by atoms with Crippen LogP contribution in [0.4, 0.5) is 4.39 Å². The average Bonchev–Trinajstić information content (AvgIpc) is 2.83. The minimum Gasteiger partial charge on any atom is -0.492 e. The van der Waals surface area contributed by atoms with Crippen LogP contribution in [0.1, 0.15) is 61.4 Å². The Balaban J connectivity index is 1.37. The fraction of sp³-hybridized carbons (Fsp3) is 0.520. The molecule has 0 radical (unpaired) electrons. The normalized spacial score (nSPS) is 17.2. The van der Waals surface area contributed by atoms with E-state index < -0.39 is 17.8 Å². The Hall–Kier alpha value is -3.23. The molecule has 2 N–H and O–H groups in total. The summed E-state index contributed by atoms with van der Waals surface area (Å²) in [4.78, 5) is 36.5. The predicted octanol–water partition coefficient (Wildman–Crippen LogP) is 3.02. The van der Waals surface area contributed by atoms with Crippen molar-refractivity contribution in [3.05, 3.63) is 47.2 Å². The van der Waals surface area contributed by atoms with E-state index in [4.69, 9.17) is 4.74 Å². The third kappa shape index (κ3) is 5.46. The van der Waals surface area contributed by atoms with E-state index in [1.165, 1.54) is 12.1 Å². The number of benzene rings is 1. The Bertz CT molecular complexity index is 1040. The number of aryl methyl sites for hydroxylation is 2. The van der Waals surface area contributed by atoms with Gasteiger partial charge in [0.25, 0.3) is 5.91 Å². The van der Waals surface area contributed by atoms with Gasteiger partial charge in [0.2, 0.25) is 11.8 Å². The summed E-state index contributed by atoms with van der Waals surface area (Å²) in [7, 11) is 0. The predicted molar refractivity (Wildman–Crippen MR) is 123 cm³/mol. The molecule has 1 aromatic heterocycles. The topological polar surface area (TPSA) is 105 Å². The minimum atomic E-state index is -0.751. The summed E-state index contributed by atoms with van der Waals surface area (Å²) in [6.45, 7) is 4.72. The van der Waals surface area contributed by atoms with Gasteiger partial charge in [0.15, 0.2) is 5.69 Å². The maximum Gasteiger partial charge on any atom is 0.276 e. The summed E-state index contributed by atoms with van der Waals surface area (Å²) in [6, 6.07) is 5.15. The number of likely N-dealkylation sites (tertiary alicyclic amines) is 1. The lowest BCUT2D eigenvalue weighted by Crippen LogP contribution is -2.53. The lowest BCUT2D eigenvalue weighted by Gasteiger charge is -2.35. The Labute approximate surface area is 198 Å². The van der Waals surface area contributed by atoms with E-state index in [0.29, 0.717) is 31.7 Å². The van der Waals surface area contributed by atoms with Crippen LogP contribution in [0.25, 0.3) is 0 Å². The van der Waals surface area contributed by atoms with E-state index in [2.05, 4.69) is 15.3 Å². The molecule has 9 heteroatoms. The van der Waals surface area contributed by atoms with Crippen molar-refractivity contribution < 1.29 is 23.8 Å². The molecule has 0 saturated carbocycles. The number of fused-ring (bicyclic) bond motifs is 1. The highest BCUT2D eigenvalue weighted by Crippen LogP contribution is 2.23. The summed E-state index contributed by atoms with van der Waals surface area (Å²) in [5.74, 6) is -1.04. The lowest BCUT2D eigenvalue weighted by atomic mass is 9.99. The van der Waals surface area contributed by atoms with E-state index in [1.54, 1.807) is 17.0 Å². The number of carbonyl (C=O) groups excluding carboxylic acids is 2. The first-order chi connectivity index (χ1) is 16.3. The average molecular weight is 471 g/mol. The molecule has 1 fully saturated rings. The first-order valence-corrected chi connectivity index (χ1v) is 11.9. The van der Waals surface area contributed by atoms with E-state index in [9.17, 15) is 19.1 Å². The van der Waals surface area contributed by atoms with E-state index >= 15 is 0 Å². The molecule has 2 aromatic rings. The highest BCUT2D eigenvalue weighted by Gasteiger charge is 2.33. The molecule has 2 amide bonds. The number of ether oxygens (including phenoxy) is 1. The van der Waals surface area contributed by atoms with Gasteiger partial charge in [-0.3, -0.25) is 9.59 Å². The molecule has 0 bridgehead atoms. The highest BCUT2D eigenvalue weighted by molar-refractivity contribution is 5.97. The van der Waals surface area contributed by atoms with Gasteiger partial charge in [-0.15, -0.1) is 0 Å². The van der Waals surface area contributed by atoms with Crippen molar-refractivity contribution in [3.8, 4) is 11.6 Å². The number of aromatic hydroxyl groups is 1. The highest BCUT2D eigenvalue weighted by atomic mass is 19.1. The van der Waals surface area contributed by atoms with Crippen LogP contribution in [0.15, 0.2) is 24.3 Å².